The van der Waals surface area contributed by atoms with Crippen LogP contribution >= 0.6 is 0 Å². The Morgan fingerprint density at radius 3 is 2.60 bits per heavy atom. The molecule has 0 unspecified atom stereocenters. The van der Waals surface area contributed by atoms with Crippen LogP contribution < -0.4 is 10.6 Å². The van der Waals surface area contributed by atoms with Crippen molar-refractivity contribution in [3.8, 4) is 6.07 Å². The molecule has 0 saturated heterocycles. The lowest BCUT2D eigenvalue weighted by atomic mass is 10.1. The zero-order valence-electron chi connectivity index (χ0n) is 11.9. The number of benzene rings is 2. The number of nitriles is 1. The minimum atomic E-state index is 0.637. The van der Waals surface area contributed by atoms with Gasteiger partial charge < -0.3 is 10.6 Å². The molecule has 0 bridgehead atoms. The molecule has 0 fully saturated rings. The van der Waals surface area contributed by atoms with E-state index in [0.29, 0.717) is 11.3 Å². The van der Waals surface area contributed by atoms with Gasteiger partial charge in [0.15, 0.2) is 0 Å². The van der Waals surface area contributed by atoms with E-state index in [1.807, 2.05) is 18.2 Å². The number of aryl methyl sites for hydroxylation is 1. The van der Waals surface area contributed by atoms with E-state index in [9.17, 15) is 0 Å². The van der Waals surface area contributed by atoms with Gasteiger partial charge in [0.1, 0.15) is 0 Å². The molecule has 0 heterocycles. The highest BCUT2D eigenvalue weighted by atomic mass is 15.1. The van der Waals surface area contributed by atoms with Crippen molar-refractivity contribution in [1.82, 2.24) is 0 Å². The van der Waals surface area contributed by atoms with E-state index in [2.05, 4.69) is 36.9 Å². The highest BCUT2D eigenvalue weighted by Gasteiger charge is 2.11. The van der Waals surface area contributed by atoms with E-state index in [1.54, 1.807) is 12.1 Å². The van der Waals surface area contributed by atoms with Crippen LogP contribution in [0.15, 0.2) is 42.5 Å². The van der Waals surface area contributed by atoms with Crippen LogP contribution in [-0.4, -0.2) is 6.54 Å². The minimum absolute atomic E-state index is 0.637. The van der Waals surface area contributed by atoms with Gasteiger partial charge in [0, 0.05) is 13.1 Å². The molecule has 0 spiro atoms. The van der Waals surface area contributed by atoms with E-state index in [1.165, 1.54) is 11.1 Å². The van der Waals surface area contributed by atoms with Crippen molar-refractivity contribution >= 4 is 11.4 Å². The standard InChI is InChI=1S/C17H19N3/c1-3-20(12-15-7-5-4-6-13(15)2)17-10-14(11-18)8-9-16(17)19/h4-10H,3,12,19H2,1-2H3. The molecule has 2 aromatic rings. The van der Waals surface area contributed by atoms with Crippen LogP contribution in [0.5, 0.6) is 0 Å². The molecule has 3 heteroatoms. The van der Waals surface area contributed by atoms with Crippen molar-refractivity contribution in [3.63, 3.8) is 0 Å². The fourth-order valence-corrected chi connectivity index (χ4v) is 2.25. The van der Waals surface area contributed by atoms with Crippen molar-refractivity contribution < 1.29 is 0 Å². The number of nitrogen functional groups attached to an aromatic ring is 1. The lowest BCUT2D eigenvalue weighted by Gasteiger charge is -2.25. The number of nitrogens with zero attached hydrogens (tertiary/aromatic N) is 2. The highest BCUT2D eigenvalue weighted by molar-refractivity contribution is 5.69. The van der Waals surface area contributed by atoms with Crippen molar-refractivity contribution in [2.75, 3.05) is 17.2 Å². The summed E-state index contributed by atoms with van der Waals surface area (Å²) < 4.78 is 0. The second kappa shape index (κ2) is 6.12. The van der Waals surface area contributed by atoms with Gasteiger partial charge in [0.2, 0.25) is 0 Å². The van der Waals surface area contributed by atoms with Crippen molar-refractivity contribution in [3.05, 3.63) is 59.2 Å². The SMILES string of the molecule is CCN(Cc1ccccc1C)c1cc(C#N)ccc1N. The molecule has 3 nitrogen and oxygen atoms in total. The van der Waals surface area contributed by atoms with Crippen LogP contribution in [0.2, 0.25) is 0 Å². The Morgan fingerprint density at radius 1 is 1.20 bits per heavy atom. The van der Waals surface area contributed by atoms with Gasteiger partial charge in [-0.2, -0.15) is 5.26 Å². The van der Waals surface area contributed by atoms with E-state index in [0.717, 1.165) is 18.8 Å². The monoisotopic (exact) mass is 265 g/mol. The largest absolute Gasteiger partial charge is 0.397 e. The number of anilines is 2. The third-order valence-corrected chi connectivity index (χ3v) is 3.50. The number of rotatable bonds is 4. The molecule has 102 valence electrons. The molecule has 0 aromatic heterocycles. The van der Waals surface area contributed by atoms with Gasteiger partial charge >= 0.3 is 0 Å². The summed E-state index contributed by atoms with van der Waals surface area (Å²) >= 11 is 0. The molecular weight excluding hydrogens is 246 g/mol. The third kappa shape index (κ3) is 2.92. The lowest BCUT2D eigenvalue weighted by Crippen LogP contribution is -2.23. The van der Waals surface area contributed by atoms with Gasteiger partial charge in [-0.05, 0) is 43.2 Å². The fourth-order valence-electron chi connectivity index (χ4n) is 2.25. The fraction of sp³-hybridized carbons (Fsp3) is 0.235. The molecule has 0 atom stereocenters. The Bertz CT molecular complexity index is 641. The summed E-state index contributed by atoms with van der Waals surface area (Å²) in [6, 6.07) is 15.9. The molecule has 20 heavy (non-hydrogen) atoms. The molecule has 0 saturated carbocycles. The number of hydrogen-bond donors (Lipinski definition) is 1. The summed E-state index contributed by atoms with van der Waals surface area (Å²) in [5.74, 6) is 0. The molecule has 2 rings (SSSR count). The predicted molar refractivity (Wildman–Crippen MR) is 83.5 cm³/mol. The van der Waals surface area contributed by atoms with Crippen LogP contribution in [-0.2, 0) is 6.54 Å². The maximum atomic E-state index is 9.03. The Morgan fingerprint density at radius 2 is 1.95 bits per heavy atom. The third-order valence-electron chi connectivity index (χ3n) is 3.50. The topological polar surface area (TPSA) is 53.0 Å². The molecular formula is C17H19N3. The summed E-state index contributed by atoms with van der Waals surface area (Å²) in [6.07, 6.45) is 0. The molecule has 0 aliphatic rings. The van der Waals surface area contributed by atoms with Gasteiger partial charge in [-0.25, -0.2) is 0 Å². The Labute approximate surface area is 120 Å². The normalized spacial score (nSPS) is 10.1. The molecule has 0 amide bonds. The minimum Gasteiger partial charge on any atom is -0.397 e. The Hall–Kier alpha value is -2.47. The number of nitrogens with two attached hydrogens (primary N) is 1. The maximum absolute atomic E-state index is 9.03. The first-order valence-corrected chi connectivity index (χ1v) is 6.74. The van der Waals surface area contributed by atoms with Gasteiger partial charge in [0.25, 0.3) is 0 Å². The van der Waals surface area contributed by atoms with E-state index in [4.69, 9.17) is 11.0 Å². The van der Waals surface area contributed by atoms with Crippen LogP contribution in [0, 0.1) is 18.3 Å². The van der Waals surface area contributed by atoms with Gasteiger partial charge in [-0.1, -0.05) is 24.3 Å². The second-order valence-corrected chi connectivity index (χ2v) is 4.83. The van der Waals surface area contributed by atoms with E-state index >= 15 is 0 Å². The van der Waals surface area contributed by atoms with Gasteiger partial charge in [-0.3, -0.25) is 0 Å². The van der Waals surface area contributed by atoms with Crippen LogP contribution in [0.4, 0.5) is 11.4 Å². The molecule has 0 aliphatic heterocycles. The lowest BCUT2D eigenvalue weighted by molar-refractivity contribution is 0.828. The summed E-state index contributed by atoms with van der Waals surface area (Å²) in [5.41, 5.74) is 10.9. The average Bonchev–Trinajstić information content (AvgIpc) is 2.47. The maximum Gasteiger partial charge on any atom is 0.0992 e. The summed E-state index contributed by atoms with van der Waals surface area (Å²) in [4.78, 5) is 2.19. The van der Waals surface area contributed by atoms with E-state index < -0.39 is 0 Å². The average molecular weight is 265 g/mol. The molecule has 2 aromatic carbocycles. The highest BCUT2D eigenvalue weighted by Crippen LogP contribution is 2.26. The predicted octanol–water partition coefficient (Wildman–Crippen LogP) is 3.48. The summed E-state index contributed by atoms with van der Waals surface area (Å²) in [5, 5.41) is 9.03. The van der Waals surface area contributed by atoms with Crippen molar-refractivity contribution in [2.45, 2.75) is 20.4 Å². The van der Waals surface area contributed by atoms with Gasteiger partial charge in [0.05, 0.1) is 23.0 Å². The van der Waals surface area contributed by atoms with Crippen LogP contribution in [0.3, 0.4) is 0 Å². The smallest absolute Gasteiger partial charge is 0.0992 e. The van der Waals surface area contributed by atoms with Crippen molar-refractivity contribution in [2.24, 2.45) is 0 Å². The quantitative estimate of drug-likeness (QED) is 0.861. The first-order valence-electron chi connectivity index (χ1n) is 6.74. The second-order valence-electron chi connectivity index (χ2n) is 4.83. The van der Waals surface area contributed by atoms with E-state index in [-0.39, 0.29) is 0 Å². The first kappa shape index (κ1) is 14.0. The zero-order chi connectivity index (χ0) is 14.5. The Balaban J connectivity index is 2.34. The zero-order valence-corrected chi connectivity index (χ0v) is 11.9. The Kier molecular flexibility index (Phi) is 4.27. The van der Waals surface area contributed by atoms with Crippen molar-refractivity contribution in [1.29, 1.82) is 5.26 Å². The number of hydrogen-bond acceptors (Lipinski definition) is 3. The van der Waals surface area contributed by atoms with Crippen LogP contribution in [0.1, 0.15) is 23.6 Å². The van der Waals surface area contributed by atoms with Gasteiger partial charge in [-0.15, -0.1) is 0 Å². The van der Waals surface area contributed by atoms with Crippen LogP contribution in [0.25, 0.3) is 0 Å². The molecule has 0 aliphatic carbocycles. The summed E-state index contributed by atoms with van der Waals surface area (Å²) in [6.45, 7) is 5.84. The first-order chi connectivity index (χ1) is 9.65. The summed E-state index contributed by atoms with van der Waals surface area (Å²) in [7, 11) is 0. The molecule has 2 N–H and O–H groups in total. The molecule has 0 radical (unpaired) electrons.